The summed E-state index contributed by atoms with van der Waals surface area (Å²) in [5.41, 5.74) is 0.960. The molecule has 0 fully saturated rings. The van der Waals surface area contributed by atoms with Gasteiger partial charge in [-0.05, 0) is 18.6 Å². The molecule has 0 aliphatic carbocycles. The Kier molecular flexibility index (Phi) is 3.68. The van der Waals surface area contributed by atoms with E-state index in [-0.39, 0.29) is 21.9 Å². The molecule has 1 heterocycles. The van der Waals surface area contributed by atoms with Crippen molar-refractivity contribution in [2.45, 2.75) is 13.3 Å². The van der Waals surface area contributed by atoms with Gasteiger partial charge >= 0.3 is 0 Å². The molecule has 0 aliphatic rings. The van der Waals surface area contributed by atoms with Gasteiger partial charge in [0.15, 0.2) is 5.82 Å². The predicted octanol–water partition coefficient (Wildman–Crippen LogP) is 3.86. The van der Waals surface area contributed by atoms with E-state index in [2.05, 4.69) is 9.97 Å². The minimum Gasteiger partial charge on any atom is -0.508 e. The van der Waals surface area contributed by atoms with Crippen molar-refractivity contribution >= 4 is 23.2 Å². The van der Waals surface area contributed by atoms with Gasteiger partial charge in [-0.25, -0.2) is 14.4 Å². The topological polar surface area (TPSA) is 46.0 Å². The molecule has 0 spiro atoms. The largest absolute Gasteiger partial charge is 0.508 e. The Hall–Kier alpha value is -1.39. The minimum atomic E-state index is -0.583. The maximum Gasteiger partial charge on any atom is 0.162 e. The molecule has 3 nitrogen and oxygen atoms in total. The summed E-state index contributed by atoms with van der Waals surface area (Å²) >= 11 is 11.9. The normalized spacial score (nSPS) is 10.7. The zero-order chi connectivity index (χ0) is 13.3. The summed E-state index contributed by atoms with van der Waals surface area (Å²) in [6.45, 7) is 1.88. The van der Waals surface area contributed by atoms with Gasteiger partial charge in [-0.2, -0.15) is 0 Å². The van der Waals surface area contributed by atoms with Crippen LogP contribution in [0.5, 0.6) is 5.75 Å². The van der Waals surface area contributed by atoms with E-state index in [1.807, 2.05) is 6.92 Å². The summed E-state index contributed by atoms with van der Waals surface area (Å²) in [5.74, 6) is -0.613. The number of rotatable bonds is 2. The second kappa shape index (κ2) is 5.08. The van der Waals surface area contributed by atoms with E-state index in [4.69, 9.17) is 23.2 Å². The van der Waals surface area contributed by atoms with Gasteiger partial charge in [0.2, 0.25) is 0 Å². The van der Waals surface area contributed by atoms with Crippen LogP contribution in [-0.2, 0) is 6.42 Å². The maximum absolute atomic E-state index is 13.2. The Morgan fingerprint density at radius 2 is 1.78 bits per heavy atom. The van der Waals surface area contributed by atoms with Crippen LogP contribution >= 0.6 is 23.2 Å². The van der Waals surface area contributed by atoms with Crippen molar-refractivity contribution in [1.29, 1.82) is 0 Å². The van der Waals surface area contributed by atoms with Crippen LogP contribution in [0.15, 0.2) is 18.2 Å². The fourth-order valence-electron chi connectivity index (χ4n) is 1.56. The van der Waals surface area contributed by atoms with Crippen LogP contribution in [0.2, 0.25) is 10.3 Å². The van der Waals surface area contributed by atoms with Crippen molar-refractivity contribution < 1.29 is 9.50 Å². The first kappa shape index (κ1) is 13.1. The standard InChI is InChI=1S/C12H9Cl2FN2O/c1-2-9-10(13)16-12(17-11(9)14)6-3-7(15)5-8(18)4-6/h3-5,18H,2H2,1H3. The summed E-state index contributed by atoms with van der Waals surface area (Å²) in [6.07, 6.45) is 0.604. The number of aromatic nitrogens is 2. The van der Waals surface area contributed by atoms with Gasteiger partial charge in [-0.15, -0.1) is 0 Å². The smallest absolute Gasteiger partial charge is 0.162 e. The lowest BCUT2D eigenvalue weighted by Gasteiger charge is -2.07. The summed E-state index contributed by atoms with van der Waals surface area (Å²) in [7, 11) is 0. The van der Waals surface area contributed by atoms with Crippen LogP contribution in [-0.4, -0.2) is 15.1 Å². The Morgan fingerprint density at radius 1 is 1.17 bits per heavy atom. The van der Waals surface area contributed by atoms with E-state index in [1.54, 1.807) is 0 Å². The zero-order valence-corrected chi connectivity index (χ0v) is 10.9. The van der Waals surface area contributed by atoms with E-state index < -0.39 is 5.82 Å². The first-order valence-electron chi connectivity index (χ1n) is 5.23. The third-order valence-corrected chi connectivity index (χ3v) is 3.03. The molecule has 1 aromatic heterocycles. The van der Waals surface area contributed by atoms with Gasteiger partial charge in [0.25, 0.3) is 0 Å². The van der Waals surface area contributed by atoms with Gasteiger partial charge in [0.05, 0.1) is 0 Å². The SMILES string of the molecule is CCc1c(Cl)nc(-c2cc(O)cc(F)c2)nc1Cl. The highest BCUT2D eigenvalue weighted by atomic mass is 35.5. The number of phenols is 1. The van der Waals surface area contributed by atoms with Crippen molar-refractivity contribution in [2.24, 2.45) is 0 Å². The van der Waals surface area contributed by atoms with E-state index in [0.717, 1.165) is 6.07 Å². The molecule has 2 rings (SSSR count). The molecule has 0 bridgehead atoms. The summed E-state index contributed by atoms with van der Waals surface area (Å²) in [5, 5.41) is 9.80. The van der Waals surface area contributed by atoms with E-state index in [9.17, 15) is 9.50 Å². The third-order valence-electron chi connectivity index (χ3n) is 2.40. The number of hydrogen-bond acceptors (Lipinski definition) is 3. The average Bonchev–Trinajstić information content (AvgIpc) is 2.27. The molecule has 0 amide bonds. The third kappa shape index (κ3) is 2.54. The molecular weight excluding hydrogens is 278 g/mol. The number of halogens is 3. The molecule has 0 aliphatic heterocycles. The lowest BCUT2D eigenvalue weighted by molar-refractivity contribution is 0.469. The number of nitrogens with zero attached hydrogens (tertiary/aromatic N) is 2. The summed E-state index contributed by atoms with van der Waals surface area (Å²) in [6, 6.07) is 3.54. The van der Waals surface area contributed by atoms with Crippen molar-refractivity contribution in [3.8, 4) is 17.1 Å². The number of benzene rings is 1. The fourth-order valence-corrected chi connectivity index (χ4v) is 2.21. The predicted molar refractivity (Wildman–Crippen MR) is 68.5 cm³/mol. The van der Waals surface area contributed by atoms with Crippen molar-refractivity contribution in [2.75, 3.05) is 0 Å². The Morgan fingerprint density at radius 3 is 2.28 bits per heavy atom. The molecule has 1 N–H and O–H groups in total. The summed E-state index contributed by atoms with van der Waals surface area (Å²) in [4.78, 5) is 8.10. The molecule has 94 valence electrons. The number of phenolic OH excluding ortho intramolecular Hbond substituents is 1. The average molecular weight is 287 g/mol. The molecule has 0 atom stereocenters. The van der Waals surface area contributed by atoms with Crippen molar-refractivity contribution in [3.63, 3.8) is 0 Å². The van der Waals surface area contributed by atoms with Crippen molar-refractivity contribution in [3.05, 3.63) is 39.9 Å². The first-order valence-corrected chi connectivity index (χ1v) is 5.98. The highest BCUT2D eigenvalue weighted by Gasteiger charge is 2.12. The lowest BCUT2D eigenvalue weighted by Crippen LogP contribution is -1.96. The summed E-state index contributed by atoms with van der Waals surface area (Å²) < 4.78 is 13.2. The highest BCUT2D eigenvalue weighted by Crippen LogP contribution is 2.28. The molecule has 6 heteroatoms. The van der Waals surface area contributed by atoms with E-state index in [1.165, 1.54) is 12.1 Å². The molecule has 0 saturated carbocycles. The van der Waals surface area contributed by atoms with Gasteiger partial charge < -0.3 is 5.11 Å². The van der Waals surface area contributed by atoms with Gasteiger partial charge in [-0.1, -0.05) is 30.1 Å². The van der Waals surface area contributed by atoms with Crippen molar-refractivity contribution in [1.82, 2.24) is 9.97 Å². The zero-order valence-electron chi connectivity index (χ0n) is 9.41. The van der Waals surface area contributed by atoms with E-state index >= 15 is 0 Å². The first-order chi connectivity index (χ1) is 8.51. The number of aromatic hydroxyl groups is 1. The van der Waals surface area contributed by atoms with E-state index in [0.29, 0.717) is 17.5 Å². The van der Waals surface area contributed by atoms with Crippen LogP contribution in [0.4, 0.5) is 4.39 Å². The van der Waals surface area contributed by atoms with Crippen LogP contribution < -0.4 is 0 Å². The Bertz CT molecular complexity index is 561. The monoisotopic (exact) mass is 286 g/mol. The minimum absolute atomic E-state index is 0.178. The maximum atomic E-state index is 13.2. The Labute approximate surface area is 113 Å². The van der Waals surface area contributed by atoms with Crippen LogP contribution in [0.3, 0.4) is 0 Å². The molecule has 1 aromatic carbocycles. The second-order valence-electron chi connectivity index (χ2n) is 3.66. The van der Waals surface area contributed by atoms with Crippen LogP contribution in [0, 0.1) is 5.82 Å². The molecule has 18 heavy (non-hydrogen) atoms. The lowest BCUT2D eigenvalue weighted by atomic mass is 10.2. The van der Waals surface area contributed by atoms with Gasteiger partial charge in [-0.3, -0.25) is 0 Å². The second-order valence-corrected chi connectivity index (χ2v) is 4.38. The Balaban J connectivity index is 2.58. The number of hydrogen-bond donors (Lipinski definition) is 1. The van der Waals surface area contributed by atoms with Crippen LogP contribution in [0.25, 0.3) is 11.4 Å². The van der Waals surface area contributed by atoms with Gasteiger partial charge in [0, 0.05) is 17.2 Å². The fraction of sp³-hybridized carbons (Fsp3) is 0.167. The molecule has 2 aromatic rings. The quantitative estimate of drug-likeness (QED) is 0.853. The molecular formula is C12H9Cl2FN2O. The highest BCUT2D eigenvalue weighted by molar-refractivity contribution is 6.34. The van der Waals surface area contributed by atoms with Gasteiger partial charge in [0.1, 0.15) is 21.9 Å². The molecule has 0 saturated heterocycles. The van der Waals surface area contributed by atoms with Crippen LogP contribution in [0.1, 0.15) is 12.5 Å². The molecule has 0 radical (unpaired) electrons. The molecule has 0 unspecified atom stereocenters.